The van der Waals surface area contributed by atoms with Crippen molar-refractivity contribution in [1.29, 1.82) is 0 Å². The molecule has 1 aliphatic heterocycles. The Bertz CT molecular complexity index is 839. The van der Waals surface area contributed by atoms with Gasteiger partial charge >= 0.3 is 0 Å². The number of methoxy groups -OCH3 is 1. The Labute approximate surface area is 163 Å². The minimum absolute atomic E-state index is 0.116. The maximum atomic E-state index is 12.5. The minimum atomic E-state index is -0.396. The summed E-state index contributed by atoms with van der Waals surface area (Å²) in [5.74, 6) is -0.0821. The van der Waals surface area contributed by atoms with E-state index < -0.39 is 5.92 Å². The number of nitrogens with one attached hydrogen (secondary N) is 1. The summed E-state index contributed by atoms with van der Waals surface area (Å²) < 4.78 is 5.32. The molecule has 3 N–H and O–H groups in total. The Hall–Kier alpha value is -2.73. The summed E-state index contributed by atoms with van der Waals surface area (Å²) in [5.41, 5.74) is 8.06. The maximum absolute atomic E-state index is 12.5. The van der Waals surface area contributed by atoms with Crippen LogP contribution in [0.4, 0.5) is 11.4 Å². The van der Waals surface area contributed by atoms with E-state index in [0.717, 1.165) is 5.56 Å². The molecule has 2 amide bonds. The van der Waals surface area contributed by atoms with Gasteiger partial charge in [-0.05, 0) is 42.3 Å². The number of benzene rings is 2. The molecule has 7 heteroatoms. The second-order valence-electron chi connectivity index (χ2n) is 6.50. The third-order valence-corrected chi connectivity index (χ3v) is 4.86. The van der Waals surface area contributed by atoms with Gasteiger partial charge in [-0.3, -0.25) is 9.59 Å². The molecule has 0 spiro atoms. The average Bonchev–Trinajstić information content (AvgIpc) is 3.05. The van der Waals surface area contributed by atoms with Gasteiger partial charge in [-0.25, -0.2) is 0 Å². The number of hydrogen-bond acceptors (Lipinski definition) is 4. The first kappa shape index (κ1) is 19.0. The molecule has 1 saturated heterocycles. The highest BCUT2D eigenvalue weighted by Crippen LogP contribution is 2.35. The van der Waals surface area contributed by atoms with E-state index in [4.69, 9.17) is 22.1 Å². The van der Waals surface area contributed by atoms with Crippen LogP contribution in [0.5, 0.6) is 5.75 Å². The van der Waals surface area contributed by atoms with Crippen molar-refractivity contribution in [2.24, 2.45) is 5.92 Å². The standard InChI is InChI=1S/C20H22ClN3O3/c1-27-18-7-4-15(21)11-17(18)24-12-14(10-19(24)25)20(26)23-9-8-13-2-5-16(22)6-3-13/h2-7,11,14H,8-10,12,22H2,1H3,(H,23,26). The highest BCUT2D eigenvalue weighted by atomic mass is 35.5. The number of nitrogens with zero attached hydrogens (tertiary/aromatic N) is 1. The smallest absolute Gasteiger partial charge is 0.227 e. The van der Waals surface area contributed by atoms with Crippen LogP contribution in [0, 0.1) is 5.92 Å². The van der Waals surface area contributed by atoms with E-state index in [0.29, 0.717) is 41.7 Å². The molecule has 2 aromatic carbocycles. The summed E-state index contributed by atoms with van der Waals surface area (Å²) >= 11 is 6.05. The predicted molar refractivity (Wildman–Crippen MR) is 106 cm³/mol. The fraction of sp³-hybridized carbons (Fsp3) is 0.300. The van der Waals surface area contributed by atoms with Crippen molar-refractivity contribution in [1.82, 2.24) is 5.32 Å². The molecule has 1 aliphatic rings. The van der Waals surface area contributed by atoms with Gasteiger partial charge in [0.2, 0.25) is 11.8 Å². The fourth-order valence-corrected chi connectivity index (χ4v) is 3.32. The highest BCUT2D eigenvalue weighted by Gasteiger charge is 2.36. The van der Waals surface area contributed by atoms with Gasteiger partial charge in [0, 0.05) is 30.2 Å². The molecule has 0 aliphatic carbocycles. The van der Waals surface area contributed by atoms with E-state index in [1.165, 1.54) is 7.11 Å². The van der Waals surface area contributed by atoms with Crippen molar-refractivity contribution in [3.63, 3.8) is 0 Å². The third-order valence-electron chi connectivity index (χ3n) is 4.62. The summed E-state index contributed by atoms with van der Waals surface area (Å²) in [6.07, 6.45) is 0.877. The topological polar surface area (TPSA) is 84.7 Å². The molecule has 1 unspecified atom stereocenters. The molecule has 27 heavy (non-hydrogen) atoms. The monoisotopic (exact) mass is 387 g/mol. The van der Waals surface area contributed by atoms with Gasteiger partial charge in [-0.2, -0.15) is 0 Å². The zero-order valence-electron chi connectivity index (χ0n) is 15.1. The van der Waals surface area contributed by atoms with E-state index in [1.54, 1.807) is 23.1 Å². The van der Waals surface area contributed by atoms with Crippen molar-refractivity contribution in [2.75, 3.05) is 30.8 Å². The van der Waals surface area contributed by atoms with Crippen LogP contribution in [0.3, 0.4) is 0 Å². The SMILES string of the molecule is COc1ccc(Cl)cc1N1CC(C(=O)NCCc2ccc(N)cc2)CC1=O. The van der Waals surface area contributed by atoms with Crippen molar-refractivity contribution in [2.45, 2.75) is 12.8 Å². The number of nitrogens with two attached hydrogens (primary N) is 1. The molecule has 1 atom stereocenters. The van der Waals surface area contributed by atoms with Crippen LogP contribution < -0.4 is 20.7 Å². The molecular weight excluding hydrogens is 366 g/mol. The second-order valence-corrected chi connectivity index (χ2v) is 6.94. The lowest BCUT2D eigenvalue weighted by molar-refractivity contribution is -0.126. The lowest BCUT2D eigenvalue weighted by Gasteiger charge is -2.19. The molecule has 1 fully saturated rings. The normalized spacial score (nSPS) is 16.4. The van der Waals surface area contributed by atoms with E-state index in [9.17, 15) is 9.59 Å². The zero-order chi connectivity index (χ0) is 19.4. The van der Waals surface area contributed by atoms with Crippen molar-refractivity contribution in [3.05, 3.63) is 53.1 Å². The number of amides is 2. The molecule has 2 aromatic rings. The van der Waals surface area contributed by atoms with E-state index in [2.05, 4.69) is 5.32 Å². The molecule has 1 heterocycles. The lowest BCUT2D eigenvalue weighted by Crippen LogP contribution is -2.34. The summed E-state index contributed by atoms with van der Waals surface area (Å²) in [6.45, 7) is 0.817. The van der Waals surface area contributed by atoms with E-state index in [1.807, 2.05) is 24.3 Å². The number of carbonyl (C=O) groups is 2. The molecular formula is C20H22ClN3O3. The highest BCUT2D eigenvalue weighted by molar-refractivity contribution is 6.31. The van der Waals surface area contributed by atoms with E-state index in [-0.39, 0.29) is 18.2 Å². The third kappa shape index (κ3) is 4.52. The van der Waals surface area contributed by atoms with Gasteiger partial charge in [-0.15, -0.1) is 0 Å². The Morgan fingerprint density at radius 3 is 2.74 bits per heavy atom. The van der Waals surface area contributed by atoms with Crippen LogP contribution in [-0.2, 0) is 16.0 Å². The number of ether oxygens (including phenoxy) is 1. The minimum Gasteiger partial charge on any atom is -0.495 e. The molecule has 142 valence electrons. The van der Waals surface area contributed by atoms with Crippen LogP contribution in [-0.4, -0.2) is 32.0 Å². The number of rotatable bonds is 6. The Kier molecular flexibility index (Phi) is 5.86. The van der Waals surface area contributed by atoms with Crippen LogP contribution >= 0.6 is 11.6 Å². The van der Waals surface area contributed by atoms with Gasteiger partial charge in [0.1, 0.15) is 5.75 Å². The first-order chi connectivity index (χ1) is 13.0. The molecule has 0 bridgehead atoms. The largest absolute Gasteiger partial charge is 0.495 e. The predicted octanol–water partition coefficient (Wildman–Crippen LogP) is 2.64. The molecule has 0 radical (unpaired) electrons. The van der Waals surface area contributed by atoms with Crippen LogP contribution in [0.1, 0.15) is 12.0 Å². The first-order valence-electron chi connectivity index (χ1n) is 8.74. The lowest BCUT2D eigenvalue weighted by atomic mass is 10.1. The zero-order valence-corrected chi connectivity index (χ0v) is 15.8. The summed E-state index contributed by atoms with van der Waals surface area (Å²) in [7, 11) is 1.54. The van der Waals surface area contributed by atoms with Gasteiger partial charge in [0.05, 0.1) is 18.7 Å². The van der Waals surface area contributed by atoms with Gasteiger partial charge in [0.25, 0.3) is 0 Å². The molecule has 6 nitrogen and oxygen atoms in total. The fourth-order valence-electron chi connectivity index (χ4n) is 3.15. The Balaban J connectivity index is 1.59. The van der Waals surface area contributed by atoms with Gasteiger partial charge in [0.15, 0.2) is 0 Å². The van der Waals surface area contributed by atoms with Crippen LogP contribution in [0.15, 0.2) is 42.5 Å². The number of nitrogen functional groups attached to an aromatic ring is 1. The van der Waals surface area contributed by atoms with Crippen LogP contribution in [0.25, 0.3) is 0 Å². The van der Waals surface area contributed by atoms with Crippen molar-refractivity contribution in [3.8, 4) is 5.75 Å². The number of halogens is 1. The van der Waals surface area contributed by atoms with Crippen molar-refractivity contribution >= 4 is 34.8 Å². The first-order valence-corrected chi connectivity index (χ1v) is 9.11. The molecule has 0 saturated carbocycles. The Morgan fingerprint density at radius 1 is 1.30 bits per heavy atom. The molecule has 0 aromatic heterocycles. The maximum Gasteiger partial charge on any atom is 0.227 e. The number of anilines is 2. The average molecular weight is 388 g/mol. The van der Waals surface area contributed by atoms with Crippen LogP contribution in [0.2, 0.25) is 5.02 Å². The summed E-state index contributed by atoms with van der Waals surface area (Å²) in [4.78, 5) is 26.5. The van der Waals surface area contributed by atoms with E-state index >= 15 is 0 Å². The van der Waals surface area contributed by atoms with Crippen molar-refractivity contribution < 1.29 is 14.3 Å². The summed E-state index contributed by atoms with van der Waals surface area (Å²) in [5, 5.41) is 3.42. The number of hydrogen-bond donors (Lipinski definition) is 2. The quantitative estimate of drug-likeness (QED) is 0.746. The van der Waals surface area contributed by atoms with Gasteiger partial charge in [-0.1, -0.05) is 23.7 Å². The number of carbonyl (C=O) groups excluding carboxylic acids is 2. The second kappa shape index (κ2) is 8.31. The summed E-state index contributed by atoms with van der Waals surface area (Å²) in [6, 6.07) is 12.6. The Morgan fingerprint density at radius 2 is 2.04 bits per heavy atom. The van der Waals surface area contributed by atoms with Gasteiger partial charge < -0.3 is 20.7 Å². The molecule has 3 rings (SSSR count).